The molecule has 0 bridgehead atoms. The lowest BCUT2D eigenvalue weighted by molar-refractivity contribution is 0.555. The predicted molar refractivity (Wildman–Crippen MR) is 83.0 cm³/mol. The number of aromatic nitrogens is 1. The summed E-state index contributed by atoms with van der Waals surface area (Å²) in [7, 11) is 0. The van der Waals surface area contributed by atoms with Crippen molar-refractivity contribution in [3.05, 3.63) is 63.1 Å². The molecule has 0 radical (unpaired) electrons. The Balaban J connectivity index is 1.84. The van der Waals surface area contributed by atoms with Crippen LogP contribution in [0.2, 0.25) is 0 Å². The zero-order valence-electron chi connectivity index (χ0n) is 10.8. The third kappa shape index (κ3) is 2.63. The minimum absolute atomic E-state index is 0.166. The molecule has 0 spiro atoms. The zero-order chi connectivity index (χ0) is 14.1. The molecule has 3 aromatic rings. The van der Waals surface area contributed by atoms with Crippen LogP contribution in [0.1, 0.15) is 18.5 Å². The number of benzene rings is 2. The Morgan fingerprint density at radius 2 is 1.95 bits per heavy atom. The van der Waals surface area contributed by atoms with Crippen LogP contribution in [0.5, 0.6) is 0 Å². The van der Waals surface area contributed by atoms with E-state index in [2.05, 4.69) is 45.3 Å². The molecular formula is C15H13BrN2O2. The van der Waals surface area contributed by atoms with E-state index < -0.39 is 5.76 Å². The van der Waals surface area contributed by atoms with E-state index in [1.54, 1.807) is 6.07 Å². The first-order valence-electron chi connectivity index (χ1n) is 6.27. The molecule has 0 amide bonds. The van der Waals surface area contributed by atoms with Crippen molar-refractivity contribution in [2.75, 3.05) is 5.32 Å². The van der Waals surface area contributed by atoms with Crippen LogP contribution in [-0.2, 0) is 0 Å². The lowest BCUT2D eigenvalue weighted by Crippen LogP contribution is -2.06. The van der Waals surface area contributed by atoms with Gasteiger partial charge in [0, 0.05) is 16.2 Å². The fourth-order valence-electron chi connectivity index (χ4n) is 2.13. The van der Waals surface area contributed by atoms with Crippen molar-refractivity contribution in [2.24, 2.45) is 0 Å². The van der Waals surface area contributed by atoms with Crippen LogP contribution in [0.25, 0.3) is 11.1 Å². The summed E-state index contributed by atoms with van der Waals surface area (Å²) in [4.78, 5) is 13.8. The molecule has 4 nitrogen and oxygen atoms in total. The largest absolute Gasteiger partial charge is 0.417 e. The van der Waals surface area contributed by atoms with E-state index in [0.29, 0.717) is 11.1 Å². The summed E-state index contributed by atoms with van der Waals surface area (Å²) >= 11 is 3.43. The zero-order valence-corrected chi connectivity index (χ0v) is 12.4. The van der Waals surface area contributed by atoms with Crippen LogP contribution in [0.15, 0.2) is 56.1 Å². The van der Waals surface area contributed by atoms with Gasteiger partial charge in [0.15, 0.2) is 5.58 Å². The molecule has 2 N–H and O–H groups in total. The Morgan fingerprint density at radius 3 is 2.70 bits per heavy atom. The summed E-state index contributed by atoms with van der Waals surface area (Å²) in [5, 5.41) is 3.40. The molecule has 0 aliphatic carbocycles. The lowest BCUT2D eigenvalue weighted by atomic mass is 10.1. The number of rotatable bonds is 3. The first kappa shape index (κ1) is 13.0. The van der Waals surface area contributed by atoms with Crippen molar-refractivity contribution in [1.82, 2.24) is 4.98 Å². The Bertz CT molecular complexity index is 789. The fraction of sp³-hybridized carbons (Fsp3) is 0.133. The average molecular weight is 333 g/mol. The number of aromatic amines is 1. The first-order chi connectivity index (χ1) is 9.61. The molecule has 1 heterocycles. The fourth-order valence-corrected chi connectivity index (χ4v) is 2.39. The van der Waals surface area contributed by atoms with Gasteiger partial charge in [-0.3, -0.25) is 4.98 Å². The number of hydrogen-bond donors (Lipinski definition) is 2. The molecule has 1 aromatic heterocycles. The van der Waals surface area contributed by atoms with E-state index >= 15 is 0 Å². The molecule has 0 saturated carbocycles. The topological polar surface area (TPSA) is 58.0 Å². The van der Waals surface area contributed by atoms with Crippen molar-refractivity contribution in [1.29, 1.82) is 0 Å². The van der Waals surface area contributed by atoms with E-state index in [1.165, 1.54) is 5.56 Å². The molecule has 3 rings (SSSR count). The van der Waals surface area contributed by atoms with Crippen molar-refractivity contribution in [2.45, 2.75) is 13.0 Å². The summed E-state index contributed by atoms with van der Waals surface area (Å²) in [5.41, 5.74) is 3.39. The third-order valence-electron chi connectivity index (χ3n) is 3.17. The van der Waals surface area contributed by atoms with Gasteiger partial charge in [0.1, 0.15) is 0 Å². The highest BCUT2D eigenvalue weighted by atomic mass is 79.9. The predicted octanol–water partition coefficient (Wildman–Crippen LogP) is 4.06. The molecule has 20 heavy (non-hydrogen) atoms. The summed E-state index contributed by atoms with van der Waals surface area (Å²) < 4.78 is 6.04. The normalized spacial score (nSPS) is 12.5. The molecule has 1 unspecified atom stereocenters. The maximum Gasteiger partial charge on any atom is 0.417 e. The third-order valence-corrected chi connectivity index (χ3v) is 3.70. The molecule has 5 heteroatoms. The molecule has 0 aliphatic rings. The van der Waals surface area contributed by atoms with Gasteiger partial charge in [-0.15, -0.1) is 0 Å². The van der Waals surface area contributed by atoms with Crippen LogP contribution in [0, 0.1) is 0 Å². The van der Waals surface area contributed by atoms with Gasteiger partial charge in [-0.1, -0.05) is 28.1 Å². The smallest absolute Gasteiger partial charge is 0.408 e. The monoisotopic (exact) mass is 332 g/mol. The number of H-pyrrole nitrogens is 1. The van der Waals surface area contributed by atoms with E-state index in [1.807, 2.05) is 24.3 Å². The van der Waals surface area contributed by atoms with E-state index in [0.717, 1.165) is 10.2 Å². The summed E-state index contributed by atoms with van der Waals surface area (Å²) in [6, 6.07) is 13.9. The number of fused-ring (bicyclic) bond motifs is 1. The van der Waals surface area contributed by atoms with Gasteiger partial charge in [-0.2, -0.15) is 0 Å². The number of anilines is 1. The molecule has 102 valence electrons. The van der Waals surface area contributed by atoms with E-state index in [9.17, 15) is 4.79 Å². The second-order valence-corrected chi connectivity index (χ2v) is 5.56. The summed E-state index contributed by atoms with van der Waals surface area (Å²) in [6.45, 7) is 2.09. The van der Waals surface area contributed by atoms with Crippen molar-refractivity contribution in [3.63, 3.8) is 0 Å². The Hall–Kier alpha value is -2.01. The van der Waals surface area contributed by atoms with Gasteiger partial charge >= 0.3 is 5.76 Å². The first-order valence-corrected chi connectivity index (χ1v) is 7.06. The molecule has 0 aliphatic heterocycles. The molecular weight excluding hydrogens is 320 g/mol. The highest BCUT2D eigenvalue weighted by molar-refractivity contribution is 9.10. The van der Waals surface area contributed by atoms with Crippen molar-refractivity contribution < 1.29 is 4.42 Å². The van der Waals surface area contributed by atoms with Crippen molar-refractivity contribution >= 4 is 32.7 Å². The van der Waals surface area contributed by atoms with Gasteiger partial charge in [0.2, 0.25) is 0 Å². The van der Waals surface area contributed by atoms with Crippen LogP contribution >= 0.6 is 15.9 Å². The van der Waals surface area contributed by atoms with Crippen molar-refractivity contribution in [3.8, 4) is 0 Å². The van der Waals surface area contributed by atoms with Gasteiger partial charge in [0.05, 0.1) is 5.52 Å². The van der Waals surface area contributed by atoms with Crippen LogP contribution in [-0.4, -0.2) is 4.98 Å². The average Bonchev–Trinajstić information content (AvgIpc) is 2.78. The highest BCUT2D eigenvalue weighted by Crippen LogP contribution is 2.23. The second-order valence-electron chi connectivity index (χ2n) is 4.64. The van der Waals surface area contributed by atoms with E-state index in [-0.39, 0.29) is 6.04 Å². The molecule has 0 saturated heterocycles. The van der Waals surface area contributed by atoms with E-state index in [4.69, 9.17) is 4.42 Å². The Morgan fingerprint density at radius 1 is 1.20 bits per heavy atom. The molecule has 2 aromatic carbocycles. The minimum atomic E-state index is -0.432. The summed E-state index contributed by atoms with van der Waals surface area (Å²) in [5.74, 6) is -0.432. The molecule has 1 atom stereocenters. The van der Waals surface area contributed by atoms with Gasteiger partial charge in [0.25, 0.3) is 0 Å². The number of hydrogen-bond acceptors (Lipinski definition) is 3. The maximum absolute atomic E-state index is 11.1. The standard InChI is InChI=1S/C15H13BrN2O2/c1-9(10-2-4-11(16)5-3-10)17-12-6-7-14-13(8-12)18-15(19)20-14/h2-9,17H,1H3,(H,18,19). The highest BCUT2D eigenvalue weighted by Gasteiger charge is 2.07. The van der Waals surface area contributed by atoms with Crippen LogP contribution in [0.4, 0.5) is 5.69 Å². The van der Waals surface area contributed by atoms with Gasteiger partial charge in [-0.25, -0.2) is 4.79 Å². The van der Waals surface area contributed by atoms with Gasteiger partial charge < -0.3 is 9.73 Å². The number of halogens is 1. The quantitative estimate of drug-likeness (QED) is 0.760. The number of nitrogens with one attached hydrogen (secondary N) is 2. The van der Waals surface area contributed by atoms with Gasteiger partial charge in [-0.05, 0) is 42.8 Å². The Labute approximate surface area is 123 Å². The number of oxazole rings is 1. The van der Waals surface area contributed by atoms with Crippen LogP contribution in [0.3, 0.4) is 0 Å². The minimum Gasteiger partial charge on any atom is -0.408 e. The SMILES string of the molecule is CC(Nc1ccc2oc(=O)[nH]c2c1)c1ccc(Br)cc1. The lowest BCUT2D eigenvalue weighted by Gasteiger charge is -2.15. The van der Waals surface area contributed by atoms with Crippen LogP contribution < -0.4 is 11.1 Å². The Kier molecular flexibility index (Phi) is 3.36. The second kappa shape index (κ2) is 5.17. The summed E-state index contributed by atoms with van der Waals surface area (Å²) in [6.07, 6.45) is 0. The molecule has 0 fully saturated rings. The maximum atomic E-state index is 11.1.